The highest BCUT2D eigenvalue weighted by Crippen LogP contribution is 2.46. The molecule has 0 fully saturated rings. The molecule has 3 aromatic heterocycles. The average Bonchev–Trinajstić information content (AvgIpc) is 3.48. The van der Waals surface area contributed by atoms with Crippen LogP contribution in [0, 0.1) is 0 Å². The smallest absolute Gasteiger partial charge is 0.274 e. The largest absolute Gasteiger partial charge is 0.312 e. The molecule has 1 N–H and O–H groups in total. The van der Waals surface area contributed by atoms with Crippen LogP contribution >= 0.6 is 22.7 Å². The van der Waals surface area contributed by atoms with Gasteiger partial charge in [0.05, 0.1) is 10.2 Å². The normalized spacial score (nSPS) is 14.4. The number of nitrogens with one attached hydrogen (secondary N) is 1. The molecule has 1 aromatic carbocycles. The van der Waals surface area contributed by atoms with Crippen molar-refractivity contribution >= 4 is 43.8 Å². The highest BCUT2D eigenvalue weighted by molar-refractivity contribution is 7.23. The topological polar surface area (TPSA) is 63.1 Å². The number of thiophene rings is 1. The van der Waals surface area contributed by atoms with Crippen LogP contribution in [0.4, 0.5) is 5.00 Å². The zero-order valence-electron chi connectivity index (χ0n) is 18.8. The second-order valence-electron chi connectivity index (χ2n) is 8.72. The van der Waals surface area contributed by atoms with Gasteiger partial charge in [0, 0.05) is 41.8 Å². The number of fused-ring (bicyclic) bond motifs is 2. The van der Waals surface area contributed by atoms with E-state index in [0.717, 1.165) is 45.3 Å². The van der Waals surface area contributed by atoms with Crippen LogP contribution in [0.1, 0.15) is 54.7 Å². The minimum absolute atomic E-state index is 0.116. The van der Waals surface area contributed by atoms with Crippen LogP contribution in [0.5, 0.6) is 0 Å². The van der Waals surface area contributed by atoms with Crippen molar-refractivity contribution in [3.05, 3.63) is 52.7 Å². The zero-order chi connectivity index (χ0) is 22.4. The van der Waals surface area contributed by atoms with E-state index < -0.39 is 0 Å². The summed E-state index contributed by atoms with van der Waals surface area (Å²) in [5, 5.41) is 9.41. The standard InChI is InChI=1S/C24H27N5OS2/c1-14(2)28-12-10-16-20(13-28)32-24(27-22(30)18-9-11-25-29(18)15(3)4)21(16)23-26-17-7-5-6-8-19(17)31-23/h5-9,11,14-15H,10,12-13H2,1-4H3,(H,27,30). The fourth-order valence-electron chi connectivity index (χ4n) is 4.23. The summed E-state index contributed by atoms with van der Waals surface area (Å²) in [6.07, 6.45) is 2.65. The van der Waals surface area contributed by atoms with Crippen LogP contribution in [-0.2, 0) is 13.0 Å². The van der Waals surface area contributed by atoms with Gasteiger partial charge >= 0.3 is 0 Å². The number of thiazole rings is 1. The van der Waals surface area contributed by atoms with Crippen molar-refractivity contribution in [3.8, 4) is 10.6 Å². The Bertz CT molecular complexity index is 1250. The SMILES string of the molecule is CC(C)N1CCc2c(sc(NC(=O)c3ccnn3C(C)C)c2-c2nc3ccccc3s2)C1. The van der Waals surface area contributed by atoms with Crippen molar-refractivity contribution in [2.24, 2.45) is 0 Å². The molecule has 0 aliphatic carbocycles. The van der Waals surface area contributed by atoms with Crippen LogP contribution in [0.2, 0.25) is 0 Å². The molecule has 5 rings (SSSR count). The number of carbonyl (C=O) groups excluding carboxylic acids is 1. The predicted molar refractivity (Wildman–Crippen MR) is 133 cm³/mol. The highest BCUT2D eigenvalue weighted by Gasteiger charge is 2.29. The van der Waals surface area contributed by atoms with Gasteiger partial charge in [-0.15, -0.1) is 22.7 Å². The predicted octanol–water partition coefficient (Wildman–Crippen LogP) is 5.82. The summed E-state index contributed by atoms with van der Waals surface area (Å²) < 4.78 is 2.93. The van der Waals surface area contributed by atoms with Gasteiger partial charge in [0.1, 0.15) is 15.7 Å². The van der Waals surface area contributed by atoms with Gasteiger partial charge in [-0.2, -0.15) is 5.10 Å². The molecule has 4 aromatic rings. The van der Waals surface area contributed by atoms with E-state index >= 15 is 0 Å². The maximum atomic E-state index is 13.2. The third-order valence-electron chi connectivity index (χ3n) is 5.94. The van der Waals surface area contributed by atoms with Gasteiger partial charge in [-0.1, -0.05) is 12.1 Å². The first-order valence-electron chi connectivity index (χ1n) is 11.0. The quantitative estimate of drug-likeness (QED) is 0.403. The lowest BCUT2D eigenvalue weighted by Gasteiger charge is -2.30. The number of benzene rings is 1. The molecule has 1 aliphatic rings. The Kier molecular flexibility index (Phi) is 5.61. The van der Waals surface area contributed by atoms with Crippen LogP contribution in [0.25, 0.3) is 20.8 Å². The molecule has 0 unspecified atom stereocenters. The van der Waals surface area contributed by atoms with Crippen molar-refractivity contribution in [1.82, 2.24) is 19.7 Å². The molecule has 1 aliphatic heterocycles. The van der Waals surface area contributed by atoms with Crippen molar-refractivity contribution in [1.29, 1.82) is 0 Å². The van der Waals surface area contributed by atoms with E-state index in [1.54, 1.807) is 39.6 Å². The fraction of sp³-hybridized carbons (Fsp3) is 0.375. The third kappa shape index (κ3) is 3.76. The molecule has 8 heteroatoms. The number of carbonyl (C=O) groups is 1. The minimum Gasteiger partial charge on any atom is -0.312 e. The number of anilines is 1. The van der Waals surface area contributed by atoms with E-state index in [1.165, 1.54) is 10.4 Å². The van der Waals surface area contributed by atoms with E-state index in [4.69, 9.17) is 4.98 Å². The van der Waals surface area contributed by atoms with Gasteiger partial charge < -0.3 is 5.32 Å². The molecule has 0 saturated heterocycles. The molecule has 0 atom stereocenters. The van der Waals surface area contributed by atoms with Crippen LogP contribution < -0.4 is 5.32 Å². The molecule has 0 spiro atoms. The van der Waals surface area contributed by atoms with Gasteiger partial charge in [0.2, 0.25) is 0 Å². The summed E-state index contributed by atoms with van der Waals surface area (Å²) >= 11 is 3.39. The Balaban J connectivity index is 1.58. The third-order valence-corrected chi connectivity index (χ3v) is 8.13. The molecule has 166 valence electrons. The van der Waals surface area contributed by atoms with E-state index in [0.29, 0.717) is 11.7 Å². The number of hydrogen-bond acceptors (Lipinski definition) is 6. The second-order valence-corrected chi connectivity index (χ2v) is 10.9. The summed E-state index contributed by atoms with van der Waals surface area (Å²) in [4.78, 5) is 22.0. The van der Waals surface area contributed by atoms with Gasteiger partial charge in [-0.05, 0) is 57.9 Å². The Morgan fingerprint density at radius 1 is 1.09 bits per heavy atom. The molecule has 0 bridgehead atoms. The number of nitrogens with zero attached hydrogens (tertiary/aromatic N) is 4. The molecule has 32 heavy (non-hydrogen) atoms. The molecule has 4 heterocycles. The van der Waals surface area contributed by atoms with E-state index in [9.17, 15) is 4.79 Å². The monoisotopic (exact) mass is 465 g/mol. The molecule has 0 radical (unpaired) electrons. The minimum atomic E-state index is -0.127. The first-order chi connectivity index (χ1) is 15.4. The molecule has 1 amide bonds. The number of rotatable bonds is 5. The van der Waals surface area contributed by atoms with Crippen LogP contribution in [0.15, 0.2) is 36.5 Å². The van der Waals surface area contributed by atoms with E-state index in [2.05, 4.69) is 35.2 Å². The zero-order valence-corrected chi connectivity index (χ0v) is 20.4. The summed E-state index contributed by atoms with van der Waals surface area (Å²) in [6, 6.07) is 10.6. The number of aromatic nitrogens is 3. The van der Waals surface area contributed by atoms with Crippen molar-refractivity contribution in [2.75, 3.05) is 11.9 Å². The van der Waals surface area contributed by atoms with Gasteiger partial charge in [0.15, 0.2) is 0 Å². The Morgan fingerprint density at radius 3 is 2.66 bits per heavy atom. The maximum Gasteiger partial charge on any atom is 0.274 e. The van der Waals surface area contributed by atoms with Crippen LogP contribution in [-0.4, -0.2) is 38.2 Å². The number of hydrogen-bond donors (Lipinski definition) is 1. The molecule has 6 nitrogen and oxygen atoms in total. The van der Waals surface area contributed by atoms with E-state index in [1.807, 2.05) is 32.0 Å². The van der Waals surface area contributed by atoms with E-state index in [-0.39, 0.29) is 11.9 Å². The van der Waals surface area contributed by atoms with Gasteiger partial charge in [-0.3, -0.25) is 14.4 Å². The first-order valence-corrected chi connectivity index (χ1v) is 12.6. The Hall–Kier alpha value is -2.55. The fourth-order valence-corrected chi connectivity index (χ4v) is 6.61. The lowest BCUT2D eigenvalue weighted by atomic mass is 10.0. The number of amides is 1. The second kappa shape index (κ2) is 8.42. The van der Waals surface area contributed by atoms with Crippen molar-refractivity contribution in [2.45, 2.75) is 52.7 Å². The van der Waals surface area contributed by atoms with Gasteiger partial charge in [-0.25, -0.2) is 4.98 Å². The highest BCUT2D eigenvalue weighted by atomic mass is 32.1. The van der Waals surface area contributed by atoms with Crippen molar-refractivity contribution < 1.29 is 4.79 Å². The maximum absolute atomic E-state index is 13.2. The summed E-state index contributed by atoms with van der Waals surface area (Å²) in [7, 11) is 0. The lowest BCUT2D eigenvalue weighted by molar-refractivity contribution is 0.101. The molecular weight excluding hydrogens is 438 g/mol. The lowest BCUT2D eigenvalue weighted by Crippen LogP contribution is -2.35. The molecule has 0 saturated carbocycles. The average molecular weight is 466 g/mol. The van der Waals surface area contributed by atoms with Gasteiger partial charge in [0.25, 0.3) is 5.91 Å². The van der Waals surface area contributed by atoms with Crippen molar-refractivity contribution in [3.63, 3.8) is 0 Å². The Morgan fingerprint density at radius 2 is 1.91 bits per heavy atom. The van der Waals surface area contributed by atoms with Crippen LogP contribution in [0.3, 0.4) is 0 Å². The summed E-state index contributed by atoms with van der Waals surface area (Å²) in [6.45, 7) is 10.5. The summed E-state index contributed by atoms with van der Waals surface area (Å²) in [5.41, 5.74) is 4.00. The number of para-hydroxylation sites is 1. The first kappa shape index (κ1) is 21.3. The Labute approximate surface area is 195 Å². The molecular formula is C24H27N5OS2. The summed E-state index contributed by atoms with van der Waals surface area (Å²) in [5.74, 6) is -0.127.